The Balaban J connectivity index is 1.73. The van der Waals surface area contributed by atoms with Gasteiger partial charge in [-0.05, 0) is 43.5 Å². The van der Waals surface area contributed by atoms with E-state index in [1.54, 1.807) is 0 Å². The van der Waals surface area contributed by atoms with Crippen molar-refractivity contribution in [3.8, 4) is 5.75 Å². The molecule has 0 aliphatic carbocycles. The highest BCUT2D eigenvalue weighted by molar-refractivity contribution is 9.10. The van der Waals surface area contributed by atoms with E-state index < -0.39 is 0 Å². The van der Waals surface area contributed by atoms with Gasteiger partial charge in [0.2, 0.25) is 0 Å². The van der Waals surface area contributed by atoms with E-state index in [1.807, 2.05) is 24.3 Å². The van der Waals surface area contributed by atoms with Gasteiger partial charge in [0.05, 0.1) is 13.2 Å². The predicted octanol–water partition coefficient (Wildman–Crippen LogP) is 4.40. The summed E-state index contributed by atoms with van der Waals surface area (Å²) in [6, 6.07) is 7.89. The number of ether oxygens (including phenoxy) is 3. The fourth-order valence-electron chi connectivity index (χ4n) is 2.01. The van der Waals surface area contributed by atoms with Crippen LogP contribution in [0.5, 0.6) is 5.75 Å². The van der Waals surface area contributed by atoms with Gasteiger partial charge in [0.25, 0.3) is 0 Å². The molecule has 1 unspecified atom stereocenters. The van der Waals surface area contributed by atoms with Gasteiger partial charge in [-0.3, -0.25) is 0 Å². The molecule has 20 heavy (non-hydrogen) atoms. The van der Waals surface area contributed by atoms with Crippen LogP contribution in [0.25, 0.3) is 0 Å². The Labute approximate surface area is 129 Å². The Morgan fingerprint density at radius 1 is 1.20 bits per heavy atom. The summed E-state index contributed by atoms with van der Waals surface area (Å²) in [5.74, 6) is 0.884. The molecule has 2 rings (SSSR count). The Hall–Kier alpha value is -0.580. The Morgan fingerprint density at radius 3 is 2.60 bits per heavy atom. The summed E-state index contributed by atoms with van der Waals surface area (Å²) in [7, 11) is 0. The lowest BCUT2D eigenvalue weighted by Gasteiger charge is -2.29. The average molecular weight is 343 g/mol. The molecule has 1 aromatic rings. The number of benzene rings is 1. The van der Waals surface area contributed by atoms with E-state index in [4.69, 9.17) is 14.2 Å². The topological polar surface area (TPSA) is 27.7 Å². The minimum atomic E-state index is -0.0338. The van der Waals surface area contributed by atoms with Gasteiger partial charge in [-0.25, -0.2) is 0 Å². The van der Waals surface area contributed by atoms with Crippen LogP contribution in [0.3, 0.4) is 0 Å². The van der Waals surface area contributed by atoms with Crippen molar-refractivity contribution >= 4 is 15.9 Å². The SMILES string of the molecule is CC(C)(COc1ccc(Br)cc1)COC1CCCCO1. The predicted molar refractivity (Wildman–Crippen MR) is 83.0 cm³/mol. The molecule has 0 amide bonds. The van der Waals surface area contributed by atoms with Crippen molar-refractivity contribution in [3.63, 3.8) is 0 Å². The molecule has 0 spiro atoms. The van der Waals surface area contributed by atoms with Crippen molar-refractivity contribution in [1.29, 1.82) is 0 Å². The number of hydrogen-bond acceptors (Lipinski definition) is 3. The molecular formula is C16H23BrO3. The zero-order valence-electron chi connectivity index (χ0n) is 12.2. The third kappa shape index (κ3) is 5.43. The number of halogens is 1. The first-order valence-corrected chi connectivity index (χ1v) is 7.96. The molecule has 1 fully saturated rings. The normalized spacial score (nSPS) is 19.9. The van der Waals surface area contributed by atoms with Crippen LogP contribution < -0.4 is 4.74 Å². The molecule has 0 N–H and O–H groups in total. The fourth-order valence-corrected chi connectivity index (χ4v) is 2.28. The van der Waals surface area contributed by atoms with E-state index in [-0.39, 0.29) is 11.7 Å². The summed E-state index contributed by atoms with van der Waals surface area (Å²) in [4.78, 5) is 0. The van der Waals surface area contributed by atoms with Crippen LogP contribution in [-0.2, 0) is 9.47 Å². The summed E-state index contributed by atoms with van der Waals surface area (Å²) < 4.78 is 18.3. The van der Waals surface area contributed by atoms with Crippen molar-refractivity contribution in [1.82, 2.24) is 0 Å². The number of rotatable bonds is 6. The number of hydrogen-bond donors (Lipinski definition) is 0. The minimum absolute atomic E-state index is 0.0318. The third-order valence-corrected chi connectivity index (χ3v) is 3.77. The van der Waals surface area contributed by atoms with Gasteiger partial charge in [-0.1, -0.05) is 29.8 Å². The Morgan fingerprint density at radius 2 is 1.95 bits per heavy atom. The van der Waals surface area contributed by atoms with Gasteiger partial charge in [-0.2, -0.15) is 0 Å². The maximum absolute atomic E-state index is 5.85. The molecule has 4 heteroatoms. The molecule has 1 atom stereocenters. The van der Waals surface area contributed by atoms with E-state index in [9.17, 15) is 0 Å². The second-order valence-electron chi connectivity index (χ2n) is 6.01. The van der Waals surface area contributed by atoms with Crippen LogP contribution in [0.2, 0.25) is 0 Å². The Kier molecular flexibility index (Phi) is 5.87. The molecular weight excluding hydrogens is 320 g/mol. The molecule has 3 nitrogen and oxygen atoms in total. The first-order chi connectivity index (χ1) is 9.55. The van der Waals surface area contributed by atoms with Gasteiger partial charge in [0, 0.05) is 16.5 Å². The summed E-state index contributed by atoms with van der Waals surface area (Å²) in [6.07, 6.45) is 3.32. The van der Waals surface area contributed by atoms with Crippen LogP contribution in [0, 0.1) is 5.41 Å². The molecule has 112 valence electrons. The maximum atomic E-state index is 5.85. The second-order valence-corrected chi connectivity index (χ2v) is 6.93. The van der Waals surface area contributed by atoms with Crippen LogP contribution in [0.1, 0.15) is 33.1 Å². The molecule has 0 radical (unpaired) electrons. The van der Waals surface area contributed by atoms with Crippen molar-refractivity contribution < 1.29 is 14.2 Å². The Bertz CT molecular complexity index is 397. The highest BCUT2D eigenvalue weighted by Gasteiger charge is 2.23. The van der Waals surface area contributed by atoms with Crippen molar-refractivity contribution in [2.75, 3.05) is 19.8 Å². The zero-order valence-corrected chi connectivity index (χ0v) is 13.8. The summed E-state index contributed by atoms with van der Waals surface area (Å²) >= 11 is 3.42. The van der Waals surface area contributed by atoms with E-state index in [2.05, 4.69) is 29.8 Å². The lowest BCUT2D eigenvalue weighted by atomic mass is 9.96. The van der Waals surface area contributed by atoms with E-state index in [0.29, 0.717) is 13.2 Å². The highest BCUT2D eigenvalue weighted by Crippen LogP contribution is 2.23. The maximum Gasteiger partial charge on any atom is 0.157 e. The minimum Gasteiger partial charge on any atom is -0.493 e. The molecule has 1 aliphatic rings. The zero-order chi connectivity index (χ0) is 14.4. The third-order valence-electron chi connectivity index (χ3n) is 3.24. The van der Waals surface area contributed by atoms with E-state index >= 15 is 0 Å². The lowest BCUT2D eigenvalue weighted by molar-refractivity contribution is -0.178. The summed E-state index contributed by atoms with van der Waals surface area (Å²) in [5.41, 5.74) is -0.0338. The summed E-state index contributed by atoms with van der Waals surface area (Å²) in [5, 5.41) is 0. The van der Waals surface area contributed by atoms with Crippen molar-refractivity contribution in [2.24, 2.45) is 5.41 Å². The average Bonchev–Trinajstić information content (AvgIpc) is 2.46. The van der Waals surface area contributed by atoms with Crippen LogP contribution in [-0.4, -0.2) is 26.1 Å². The second kappa shape index (κ2) is 7.43. The molecule has 1 heterocycles. The van der Waals surface area contributed by atoms with Crippen LogP contribution >= 0.6 is 15.9 Å². The standard InChI is InChI=1S/C16H23BrO3/c1-16(2,12-20-15-5-3-4-10-18-15)11-19-14-8-6-13(17)7-9-14/h6-9,15H,3-5,10-12H2,1-2H3. The first kappa shape index (κ1) is 15.8. The van der Waals surface area contributed by atoms with Gasteiger partial charge in [-0.15, -0.1) is 0 Å². The molecule has 0 saturated carbocycles. The van der Waals surface area contributed by atoms with Gasteiger partial charge >= 0.3 is 0 Å². The molecule has 0 aromatic heterocycles. The van der Waals surface area contributed by atoms with Gasteiger partial charge in [0.1, 0.15) is 5.75 Å². The van der Waals surface area contributed by atoms with Crippen LogP contribution in [0.4, 0.5) is 0 Å². The fraction of sp³-hybridized carbons (Fsp3) is 0.625. The van der Waals surface area contributed by atoms with Crippen molar-refractivity contribution in [3.05, 3.63) is 28.7 Å². The lowest BCUT2D eigenvalue weighted by Crippen LogP contribution is -2.32. The molecule has 1 aromatic carbocycles. The quantitative estimate of drug-likeness (QED) is 0.766. The first-order valence-electron chi connectivity index (χ1n) is 7.17. The van der Waals surface area contributed by atoms with E-state index in [0.717, 1.165) is 29.7 Å². The van der Waals surface area contributed by atoms with Gasteiger partial charge in [0.15, 0.2) is 6.29 Å². The van der Waals surface area contributed by atoms with Crippen molar-refractivity contribution in [2.45, 2.75) is 39.4 Å². The molecule has 1 saturated heterocycles. The molecule has 0 bridgehead atoms. The summed E-state index contributed by atoms with van der Waals surface area (Å²) in [6.45, 7) is 6.39. The smallest absolute Gasteiger partial charge is 0.157 e. The highest BCUT2D eigenvalue weighted by atomic mass is 79.9. The molecule has 1 aliphatic heterocycles. The monoisotopic (exact) mass is 342 g/mol. The van der Waals surface area contributed by atoms with E-state index in [1.165, 1.54) is 6.42 Å². The largest absolute Gasteiger partial charge is 0.493 e. The van der Waals surface area contributed by atoms with Crippen LogP contribution in [0.15, 0.2) is 28.7 Å². The van der Waals surface area contributed by atoms with Gasteiger partial charge < -0.3 is 14.2 Å².